The highest BCUT2D eigenvalue weighted by molar-refractivity contribution is 5.76. The first-order chi connectivity index (χ1) is 12.1. The number of hydrogen-bond acceptors (Lipinski definition) is 5. The maximum Gasteiger partial charge on any atom is 0.226 e. The van der Waals surface area contributed by atoms with Gasteiger partial charge in [-0.3, -0.25) is 0 Å². The van der Waals surface area contributed by atoms with E-state index < -0.39 is 0 Å². The molecule has 130 valence electrons. The number of H-pyrrole nitrogens is 1. The molecule has 2 aromatic heterocycles. The Bertz CT molecular complexity index is 885. The number of imidazole rings is 1. The zero-order chi connectivity index (χ0) is 17.4. The Labute approximate surface area is 147 Å². The second-order valence-electron chi connectivity index (χ2n) is 7.04. The normalized spacial score (nSPS) is 17.9. The molecule has 0 bridgehead atoms. The summed E-state index contributed by atoms with van der Waals surface area (Å²) >= 11 is 0. The Morgan fingerprint density at radius 3 is 2.92 bits per heavy atom. The zero-order valence-corrected chi connectivity index (χ0v) is 15.0. The van der Waals surface area contributed by atoms with Gasteiger partial charge >= 0.3 is 0 Å². The summed E-state index contributed by atoms with van der Waals surface area (Å²) in [5, 5.41) is 0. The summed E-state index contributed by atoms with van der Waals surface area (Å²) in [6.07, 6.45) is 4.13. The number of nitrogens with one attached hydrogen (secondary N) is 1. The van der Waals surface area contributed by atoms with Gasteiger partial charge in [-0.05, 0) is 43.5 Å². The average molecular weight is 336 g/mol. The van der Waals surface area contributed by atoms with Crippen molar-refractivity contribution in [1.82, 2.24) is 19.9 Å². The highest BCUT2D eigenvalue weighted by atomic mass is 15.3. The summed E-state index contributed by atoms with van der Waals surface area (Å²) in [5.41, 5.74) is 3.43. The van der Waals surface area contributed by atoms with Gasteiger partial charge in [0.15, 0.2) is 0 Å². The molecule has 1 aromatic carbocycles. The van der Waals surface area contributed by atoms with E-state index >= 15 is 0 Å². The smallest absolute Gasteiger partial charge is 0.226 e. The standard InChI is InChI=1S/C19H24N6/c1-13-6-7-15-16(11-13)22-18(21-15)14-5-4-10-25(12-14)17-8-9-20-19(23-17)24(2)3/h6-9,11,14H,4-5,10,12H2,1-3H3,(H,21,22). The summed E-state index contributed by atoms with van der Waals surface area (Å²) in [4.78, 5) is 21.6. The van der Waals surface area contributed by atoms with Crippen molar-refractivity contribution >= 4 is 22.8 Å². The molecule has 0 saturated carbocycles. The van der Waals surface area contributed by atoms with Crippen LogP contribution in [0.1, 0.15) is 30.1 Å². The number of fused-ring (bicyclic) bond motifs is 1. The molecule has 1 aliphatic rings. The van der Waals surface area contributed by atoms with Gasteiger partial charge < -0.3 is 14.8 Å². The average Bonchev–Trinajstić information content (AvgIpc) is 3.05. The van der Waals surface area contributed by atoms with Crippen molar-refractivity contribution < 1.29 is 0 Å². The Balaban J connectivity index is 1.58. The van der Waals surface area contributed by atoms with Crippen molar-refractivity contribution in [2.45, 2.75) is 25.7 Å². The van der Waals surface area contributed by atoms with E-state index in [1.807, 2.05) is 31.3 Å². The van der Waals surface area contributed by atoms with Crippen molar-refractivity contribution in [1.29, 1.82) is 0 Å². The summed E-state index contributed by atoms with van der Waals surface area (Å²) in [6, 6.07) is 8.38. The lowest BCUT2D eigenvalue weighted by atomic mass is 9.97. The summed E-state index contributed by atoms with van der Waals surface area (Å²) in [6.45, 7) is 4.07. The first-order valence-corrected chi connectivity index (χ1v) is 8.82. The predicted octanol–water partition coefficient (Wildman–Crippen LogP) is 3.11. The van der Waals surface area contributed by atoms with Crippen LogP contribution in [-0.2, 0) is 0 Å². The maximum absolute atomic E-state index is 4.83. The van der Waals surface area contributed by atoms with E-state index in [9.17, 15) is 0 Å². The van der Waals surface area contributed by atoms with Crippen molar-refractivity contribution in [3.63, 3.8) is 0 Å². The van der Waals surface area contributed by atoms with Crippen LogP contribution in [0.5, 0.6) is 0 Å². The van der Waals surface area contributed by atoms with Crippen LogP contribution in [0.25, 0.3) is 11.0 Å². The predicted molar refractivity (Wildman–Crippen MR) is 101 cm³/mol. The molecule has 25 heavy (non-hydrogen) atoms. The summed E-state index contributed by atoms with van der Waals surface area (Å²) in [5.74, 6) is 3.24. The molecule has 3 aromatic rings. The summed E-state index contributed by atoms with van der Waals surface area (Å²) in [7, 11) is 3.93. The van der Waals surface area contributed by atoms with E-state index in [1.54, 1.807) is 0 Å². The molecule has 1 fully saturated rings. The van der Waals surface area contributed by atoms with Gasteiger partial charge in [-0.15, -0.1) is 0 Å². The fourth-order valence-electron chi connectivity index (χ4n) is 3.48. The van der Waals surface area contributed by atoms with Crippen LogP contribution in [-0.4, -0.2) is 47.1 Å². The number of benzene rings is 1. The van der Waals surface area contributed by atoms with Crippen molar-refractivity contribution in [3.05, 3.63) is 41.9 Å². The lowest BCUT2D eigenvalue weighted by molar-refractivity contribution is 0.492. The van der Waals surface area contributed by atoms with Crippen molar-refractivity contribution in [2.75, 3.05) is 37.0 Å². The monoisotopic (exact) mass is 336 g/mol. The van der Waals surface area contributed by atoms with Gasteiger partial charge in [-0.25, -0.2) is 9.97 Å². The number of aromatic nitrogens is 4. The Morgan fingerprint density at radius 2 is 2.08 bits per heavy atom. The third-order valence-corrected chi connectivity index (χ3v) is 4.82. The largest absolute Gasteiger partial charge is 0.356 e. The number of aryl methyl sites for hydroxylation is 1. The minimum Gasteiger partial charge on any atom is -0.356 e. The van der Waals surface area contributed by atoms with Crippen LogP contribution >= 0.6 is 0 Å². The van der Waals surface area contributed by atoms with E-state index in [-0.39, 0.29) is 0 Å². The minimum absolute atomic E-state index is 0.402. The fourth-order valence-corrected chi connectivity index (χ4v) is 3.48. The molecule has 0 spiro atoms. The van der Waals surface area contributed by atoms with Crippen LogP contribution in [0.3, 0.4) is 0 Å². The van der Waals surface area contributed by atoms with Crippen LogP contribution in [0.2, 0.25) is 0 Å². The molecular formula is C19H24N6. The molecule has 0 aliphatic carbocycles. The van der Waals surface area contributed by atoms with Gasteiger partial charge in [0.25, 0.3) is 0 Å². The van der Waals surface area contributed by atoms with E-state index in [1.165, 1.54) is 5.56 Å². The zero-order valence-electron chi connectivity index (χ0n) is 15.0. The lowest BCUT2D eigenvalue weighted by Crippen LogP contribution is -2.35. The molecule has 1 saturated heterocycles. The molecule has 1 unspecified atom stereocenters. The number of anilines is 2. The first-order valence-electron chi connectivity index (χ1n) is 8.82. The van der Waals surface area contributed by atoms with Gasteiger partial charge in [0.1, 0.15) is 11.6 Å². The van der Waals surface area contributed by atoms with Crippen LogP contribution < -0.4 is 9.80 Å². The third kappa shape index (κ3) is 3.16. The Morgan fingerprint density at radius 1 is 1.20 bits per heavy atom. The number of hydrogen-bond donors (Lipinski definition) is 1. The molecule has 4 rings (SSSR count). The number of piperidine rings is 1. The van der Waals surface area contributed by atoms with E-state index in [0.717, 1.165) is 54.6 Å². The van der Waals surface area contributed by atoms with E-state index in [0.29, 0.717) is 5.92 Å². The number of rotatable bonds is 3. The van der Waals surface area contributed by atoms with Crippen molar-refractivity contribution in [3.8, 4) is 0 Å². The summed E-state index contributed by atoms with van der Waals surface area (Å²) < 4.78 is 0. The molecule has 6 heteroatoms. The van der Waals surface area contributed by atoms with Gasteiger partial charge in [0.05, 0.1) is 11.0 Å². The van der Waals surface area contributed by atoms with Gasteiger partial charge in [0, 0.05) is 39.3 Å². The molecule has 3 heterocycles. The van der Waals surface area contributed by atoms with Crippen LogP contribution in [0, 0.1) is 6.92 Å². The van der Waals surface area contributed by atoms with Gasteiger partial charge in [-0.1, -0.05) is 6.07 Å². The molecule has 1 atom stereocenters. The Hall–Kier alpha value is -2.63. The number of aromatic amines is 1. The SMILES string of the molecule is Cc1ccc2nc(C3CCCN(c4ccnc(N(C)C)n4)C3)[nH]c2c1. The maximum atomic E-state index is 4.83. The molecule has 1 aliphatic heterocycles. The fraction of sp³-hybridized carbons (Fsp3) is 0.421. The van der Waals surface area contributed by atoms with E-state index in [4.69, 9.17) is 4.98 Å². The third-order valence-electron chi connectivity index (χ3n) is 4.82. The first kappa shape index (κ1) is 15.9. The molecule has 6 nitrogen and oxygen atoms in total. The van der Waals surface area contributed by atoms with E-state index in [2.05, 4.69) is 45.0 Å². The van der Waals surface area contributed by atoms with Crippen LogP contribution in [0.15, 0.2) is 30.5 Å². The number of nitrogens with zero attached hydrogens (tertiary/aromatic N) is 5. The topological polar surface area (TPSA) is 60.9 Å². The quantitative estimate of drug-likeness (QED) is 0.796. The van der Waals surface area contributed by atoms with Crippen LogP contribution in [0.4, 0.5) is 11.8 Å². The molecule has 1 N–H and O–H groups in total. The highest BCUT2D eigenvalue weighted by Gasteiger charge is 2.25. The Kier molecular flexibility index (Phi) is 4.03. The van der Waals surface area contributed by atoms with Crippen molar-refractivity contribution in [2.24, 2.45) is 0 Å². The second-order valence-corrected chi connectivity index (χ2v) is 7.04. The molecule has 0 radical (unpaired) electrons. The van der Waals surface area contributed by atoms with Gasteiger partial charge in [-0.2, -0.15) is 4.98 Å². The molecular weight excluding hydrogens is 312 g/mol. The van der Waals surface area contributed by atoms with Gasteiger partial charge in [0.2, 0.25) is 5.95 Å². The molecule has 0 amide bonds. The highest BCUT2D eigenvalue weighted by Crippen LogP contribution is 2.29. The minimum atomic E-state index is 0.402. The second kappa shape index (κ2) is 6.35. The lowest BCUT2D eigenvalue weighted by Gasteiger charge is -2.33.